The Morgan fingerprint density at radius 1 is 1.06 bits per heavy atom. The van der Waals surface area contributed by atoms with Gasteiger partial charge in [0, 0.05) is 12.1 Å². The molecule has 0 radical (unpaired) electrons. The molecule has 0 aliphatic rings. The first-order valence-electron chi connectivity index (χ1n) is 12.5. The van der Waals surface area contributed by atoms with Crippen molar-refractivity contribution in [2.75, 3.05) is 6.54 Å². The highest BCUT2D eigenvalue weighted by molar-refractivity contribution is 5.92. The Balaban J connectivity index is 3.39. The van der Waals surface area contributed by atoms with E-state index in [2.05, 4.69) is 17.6 Å². The number of aromatic hydroxyl groups is 1. The van der Waals surface area contributed by atoms with E-state index in [1.165, 1.54) is 11.0 Å². The van der Waals surface area contributed by atoms with Gasteiger partial charge in [0.2, 0.25) is 11.8 Å². The summed E-state index contributed by atoms with van der Waals surface area (Å²) in [5, 5.41) is 15.6. The third-order valence-corrected chi connectivity index (χ3v) is 5.23. The van der Waals surface area contributed by atoms with Crippen molar-refractivity contribution in [3.8, 4) is 5.75 Å². The van der Waals surface area contributed by atoms with Crippen LogP contribution in [0.1, 0.15) is 98.2 Å². The molecule has 0 heterocycles. The van der Waals surface area contributed by atoms with Crippen molar-refractivity contribution in [2.45, 2.75) is 111 Å². The van der Waals surface area contributed by atoms with Crippen molar-refractivity contribution in [2.24, 2.45) is 0 Å². The highest BCUT2D eigenvalue weighted by Crippen LogP contribution is 2.28. The number of phenolic OH excluding ortho intramolecular Hbond substituents is 1. The zero-order valence-corrected chi connectivity index (χ0v) is 22.9. The minimum absolute atomic E-state index is 0.115. The summed E-state index contributed by atoms with van der Waals surface area (Å²) in [6.45, 7) is 16.7. The van der Waals surface area contributed by atoms with Crippen LogP contribution in [0.4, 0.5) is 4.79 Å². The summed E-state index contributed by atoms with van der Waals surface area (Å²) in [5.41, 5.74) is -0.0194. The summed E-state index contributed by atoms with van der Waals surface area (Å²) in [5.74, 6) is -0.590. The molecular weight excluding hydrogens is 446 g/mol. The lowest BCUT2D eigenvalue weighted by atomic mass is 9.98. The molecule has 1 rings (SSSR count). The fraction of sp³-hybridized carbons (Fsp3) is 0.667. The largest absolute Gasteiger partial charge is 0.508 e. The molecule has 0 saturated carbocycles. The molecule has 8 nitrogen and oxygen atoms in total. The Hall–Kier alpha value is -2.77. The zero-order chi connectivity index (χ0) is 27.0. The number of phenols is 1. The number of nitrogens with zero attached hydrogens (tertiary/aromatic N) is 1. The van der Waals surface area contributed by atoms with Crippen molar-refractivity contribution < 1.29 is 24.2 Å². The second kappa shape index (κ2) is 12.8. The van der Waals surface area contributed by atoms with Gasteiger partial charge < -0.3 is 25.4 Å². The maximum Gasteiger partial charge on any atom is 0.408 e. The lowest BCUT2D eigenvalue weighted by Crippen LogP contribution is -2.54. The summed E-state index contributed by atoms with van der Waals surface area (Å²) in [4.78, 5) is 41.1. The lowest BCUT2D eigenvalue weighted by Gasteiger charge is -2.35. The summed E-state index contributed by atoms with van der Waals surface area (Å²) < 4.78 is 5.31. The van der Waals surface area contributed by atoms with E-state index in [1.54, 1.807) is 46.8 Å². The average molecular weight is 492 g/mol. The predicted octanol–water partition coefficient (Wildman–Crippen LogP) is 4.98. The summed E-state index contributed by atoms with van der Waals surface area (Å²) in [6.07, 6.45) is 2.99. The van der Waals surface area contributed by atoms with Gasteiger partial charge in [-0.15, -0.1) is 0 Å². The van der Waals surface area contributed by atoms with E-state index in [-0.39, 0.29) is 17.6 Å². The number of benzene rings is 1. The highest BCUT2D eigenvalue weighted by atomic mass is 16.6. The molecular formula is C27H45N3O5. The molecule has 2 atom stereocenters. The van der Waals surface area contributed by atoms with Gasteiger partial charge in [-0.05, 0) is 85.1 Å². The maximum absolute atomic E-state index is 13.7. The van der Waals surface area contributed by atoms with Crippen LogP contribution in [0, 0.1) is 6.92 Å². The van der Waals surface area contributed by atoms with E-state index >= 15 is 0 Å². The molecule has 3 amide bonds. The lowest BCUT2D eigenvalue weighted by molar-refractivity contribution is -0.142. The summed E-state index contributed by atoms with van der Waals surface area (Å²) in [7, 11) is 0. The number of ether oxygens (including phenoxy) is 1. The topological polar surface area (TPSA) is 108 Å². The number of carbonyl (C=O) groups excluding carboxylic acids is 3. The van der Waals surface area contributed by atoms with Crippen LogP contribution in [-0.4, -0.2) is 51.6 Å². The van der Waals surface area contributed by atoms with E-state index in [4.69, 9.17) is 4.74 Å². The molecule has 1 aromatic carbocycles. The van der Waals surface area contributed by atoms with Gasteiger partial charge in [-0.2, -0.15) is 0 Å². The predicted molar refractivity (Wildman–Crippen MR) is 138 cm³/mol. The Bertz CT molecular complexity index is 871. The molecule has 0 aromatic heterocycles. The third kappa shape index (κ3) is 10.6. The Morgan fingerprint density at radius 2 is 1.69 bits per heavy atom. The third-order valence-electron chi connectivity index (χ3n) is 5.23. The van der Waals surface area contributed by atoms with E-state index in [0.717, 1.165) is 25.7 Å². The number of alkyl carbamates (subject to hydrolysis) is 1. The molecule has 3 N–H and O–H groups in total. The maximum atomic E-state index is 13.7. The van der Waals surface area contributed by atoms with Gasteiger partial charge in [0.25, 0.3) is 0 Å². The van der Waals surface area contributed by atoms with Crippen LogP contribution in [0.3, 0.4) is 0 Å². The summed E-state index contributed by atoms with van der Waals surface area (Å²) >= 11 is 0. The molecule has 0 bridgehead atoms. The molecule has 2 unspecified atom stereocenters. The standard InChI is InChI=1S/C27H45N3O5/c1-10-11-12-13-16-30(24(33)19(3)28-25(34)35-27(7,8)9)22(23(32)29-26(4,5)6)20-14-15-21(31)18(2)17-20/h14-15,17,19,22,31H,10-13,16H2,1-9H3,(H,28,34)(H,29,32). The van der Waals surface area contributed by atoms with Crippen LogP contribution in [0.2, 0.25) is 0 Å². The van der Waals surface area contributed by atoms with Crippen LogP contribution in [0.15, 0.2) is 18.2 Å². The number of nitrogens with one attached hydrogen (secondary N) is 2. The van der Waals surface area contributed by atoms with E-state index < -0.39 is 29.3 Å². The van der Waals surface area contributed by atoms with Crippen LogP contribution in [-0.2, 0) is 14.3 Å². The van der Waals surface area contributed by atoms with Gasteiger partial charge in [-0.1, -0.05) is 32.3 Å². The fourth-order valence-corrected chi connectivity index (χ4v) is 3.63. The van der Waals surface area contributed by atoms with E-state index in [9.17, 15) is 19.5 Å². The van der Waals surface area contributed by atoms with Gasteiger partial charge in [0.05, 0.1) is 0 Å². The number of amides is 3. The van der Waals surface area contributed by atoms with Crippen LogP contribution in [0.25, 0.3) is 0 Å². The first kappa shape index (κ1) is 30.3. The zero-order valence-electron chi connectivity index (χ0n) is 22.9. The second-order valence-electron chi connectivity index (χ2n) is 11.1. The highest BCUT2D eigenvalue weighted by Gasteiger charge is 2.35. The molecule has 198 valence electrons. The first-order chi connectivity index (χ1) is 16.1. The SMILES string of the molecule is CCCCCCN(C(=O)C(C)NC(=O)OC(C)(C)C)C(C(=O)NC(C)(C)C)c1ccc(O)c(C)c1. The number of hydrogen-bond donors (Lipinski definition) is 3. The number of hydrogen-bond acceptors (Lipinski definition) is 5. The number of carbonyl (C=O) groups is 3. The Kier molecular flexibility index (Phi) is 11.1. The van der Waals surface area contributed by atoms with Crippen LogP contribution < -0.4 is 10.6 Å². The molecule has 0 spiro atoms. The fourth-order valence-electron chi connectivity index (χ4n) is 3.63. The molecule has 35 heavy (non-hydrogen) atoms. The minimum atomic E-state index is -0.925. The molecule has 0 fully saturated rings. The van der Waals surface area contributed by atoms with Crippen molar-refractivity contribution in [1.82, 2.24) is 15.5 Å². The van der Waals surface area contributed by atoms with Crippen LogP contribution >= 0.6 is 0 Å². The van der Waals surface area contributed by atoms with Crippen molar-refractivity contribution in [1.29, 1.82) is 0 Å². The quantitative estimate of drug-likeness (QED) is 0.400. The number of unbranched alkanes of at least 4 members (excludes halogenated alkanes) is 3. The van der Waals surface area contributed by atoms with Crippen molar-refractivity contribution >= 4 is 17.9 Å². The molecule has 0 aliphatic heterocycles. The van der Waals surface area contributed by atoms with Crippen molar-refractivity contribution in [3.63, 3.8) is 0 Å². The molecule has 0 saturated heterocycles. The minimum Gasteiger partial charge on any atom is -0.508 e. The molecule has 1 aromatic rings. The van der Waals surface area contributed by atoms with Crippen LogP contribution in [0.5, 0.6) is 5.75 Å². The number of rotatable bonds is 10. The van der Waals surface area contributed by atoms with E-state index in [0.29, 0.717) is 17.7 Å². The number of aryl methyl sites for hydroxylation is 1. The Morgan fingerprint density at radius 3 is 2.20 bits per heavy atom. The van der Waals surface area contributed by atoms with Gasteiger partial charge in [0.15, 0.2) is 0 Å². The second-order valence-corrected chi connectivity index (χ2v) is 11.1. The van der Waals surface area contributed by atoms with Gasteiger partial charge in [-0.25, -0.2) is 4.79 Å². The average Bonchev–Trinajstić information content (AvgIpc) is 2.69. The van der Waals surface area contributed by atoms with Gasteiger partial charge in [-0.3, -0.25) is 9.59 Å². The Labute approximate surface area is 210 Å². The van der Waals surface area contributed by atoms with Gasteiger partial charge in [0.1, 0.15) is 23.4 Å². The first-order valence-corrected chi connectivity index (χ1v) is 12.5. The van der Waals surface area contributed by atoms with Gasteiger partial charge >= 0.3 is 6.09 Å². The molecule has 8 heteroatoms. The van der Waals surface area contributed by atoms with Crippen molar-refractivity contribution in [3.05, 3.63) is 29.3 Å². The monoisotopic (exact) mass is 491 g/mol. The normalized spacial score (nSPS) is 13.5. The smallest absolute Gasteiger partial charge is 0.408 e. The van der Waals surface area contributed by atoms with E-state index in [1.807, 2.05) is 20.8 Å². The summed E-state index contributed by atoms with van der Waals surface area (Å²) in [6, 6.07) is 3.09. The molecule has 0 aliphatic carbocycles.